The summed E-state index contributed by atoms with van der Waals surface area (Å²) >= 11 is 0. The van der Waals surface area contributed by atoms with Gasteiger partial charge in [-0.3, -0.25) is 4.55 Å². The van der Waals surface area contributed by atoms with Crippen LogP contribution in [0.4, 0.5) is 0 Å². The van der Waals surface area contributed by atoms with Crippen molar-refractivity contribution in [2.75, 3.05) is 6.61 Å². The maximum absolute atomic E-state index is 10.7. The van der Waals surface area contributed by atoms with E-state index >= 15 is 0 Å². The highest BCUT2D eigenvalue weighted by atomic mass is 32.3. The molecule has 0 radical (unpaired) electrons. The van der Waals surface area contributed by atoms with Gasteiger partial charge in [-0.1, -0.05) is 12.1 Å². The Hall–Kier alpha value is -1.51. The third-order valence-electron chi connectivity index (χ3n) is 3.52. The van der Waals surface area contributed by atoms with Crippen LogP contribution in [0.1, 0.15) is 5.56 Å². The SMILES string of the molecule is O=S(=O)(O)OCc1cccc(O)c1OC1OC(CO)C(O)C(O)C1O. The van der Waals surface area contributed by atoms with Crippen LogP contribution in [0, 0.1) is 0 Å². The standard InChI is InChI=1S/C13H18O11S/c14-4-8-9(16)10(17)11(18)13(23-8)24-12-6(2-1-3-7(12)15)5-22-25(19,20)21/h1-3,8-11,13-18H,4-5H2,(H,19,20,21). The molecule has 1 aromatic carbocycles. The zero-order valence-electron chi connectivity index (χ0n) is 12.7. The van der Waals surface area contributed by atoms with E-state index in [1.807, 2.05) is 0 Å². The first-order valence-corrected chi connectivity index (χ1v) is 8.40. The summed E-state index contributed by atoms with van der Waals surface area (Å²) in [5.74, 6) is -0.802. The minimum atomic E-state index is -4.75. The van der Waals surface area contributed by atoms with Gasteiger partial charge in [-0.2, -0.15) is 8.42 Å². The first-order chi connectivity index (χ1) is 11.6. The molecule has 12 heteroatoms. The predicted molar refractivity (Wildman–Crippen MR) is 78.8 cm³/mol. The van der Waals surface area contributed by atoms with E-state index in [9.17, 15) is 28.8 Å². The number of aliphatic hydroxyl groups is 4. The van der Waals surface area contributed by atoms with Gasteiger partial charge in [0.2, 0.25) is 6.29 Å². The van der Waals surface area contributed by atoms with Crippen LogP contribution >= 0.6 is 0 Å². The van der Waals surface area contributed by atoms with E-state index in [1.165, 1.54) is 18.2 Å². The Morgan fingerprint density at radius 2 is 1.80 bits per heavy atom. The Balaban J connectivity index is 2.23. The summed E-state index contributed by atoms with van der Waals surface area (Å²) in [6.45, 7) is -1.37. The molecule has 1 fully saturated rings. The molecule has 0 aliphatic carbocycles. The molecule has 1 aromatic rings. The highest BCUT2D eigenvalue weighted by molar-refractivity contribution is 7.80. The van der Waals surface area contributed by atoms with Crippen LogP contribution in [0.25, 0.3) is 0 Å². The van der Waals surface area contributed by atoms with E-state index in [1.54, 1.807) is 0 Å². The molecule has 0 saturated carbocycles. The van der Waals surface area contributed by atoms with Gasteiger partial charge in [0.15, 0.2) is 11.5 Å². The summed E-state index contributed by atoms with van der Waals surface area (Å²) in [4.78, 5) is 0. The number of aromatic hydroxyl groups is 1. The minimum Gasteiger partial charge on any atom is -0.504 e. The number of rotatable bonds is 6. The van der Waals surface area contributed by atoms with Gasteiger partial charge in [0, 0.05) is 5.56 Å². The van der Waals surface area contributed by atoms with E-state index in [0.29, 0.717) is 0 Å². The van der Waals surface area contributed by atoms with E-state index < -0.39 is 60.1 Å². The lowest BCUT2D eigenvalue weighted by Gasteiger charge is -2.39. The van der Waals surface area contributed by atoms with Crippen molar-refractivity contribution in [1.29, 1.82) is 0 Å². The summed E-state index contributed by atoms with van der Waals surface area (Å²) in [6, 6.07) is 3.85. The third-order valence-corrected chi connectivity index (χ3v) is 3.94. The highest BCUT2D eigenvalue weighted by Gasteiger charge is 2.45. The average molecular weight is 382 g/mol. The fraction of sp³-hybridized carbons (Fsp3) is 0.538. The molecule has 25 heavy (non-hydrogen) atoms. The molecular formula is C13H18O11S. The molecule has 0 amide bonds. The van der Waals surface area contributed by atoms with Gasteiger partial charge >= 0.3 is 10.4 Å². The van der Waals surface area contributed by atoms with Crippen molar-refractivity contribution in [1.82, 2.24) is 0 Å². The van der Waals surface area contributed by atoms with Crippen LogP contribution in [-0.4, -0.2) is 75.8 Å². The fourth-order valence-electron chi connectivity index (χ4n) is 2.24. The predicted octanol–water partition coefficient (Wildman–Crippen LogP) is -2.11. The molecule has 1 heterocycles. The van der Waals surface area contributed by atoms with Gasteiger partial charge < -0.3 is 35.0 Å². The van der Waals surface area contributed by atoms with Gasteiger partial charge in [0.25, 0.3) is 0 Å². The first kappa shape index (κ1) is 19.8. The number of benzene rings is 1. The summed E-state index contributed by atoms with van der Waals surface area (Å²) < 4.78 is 44.6. The molecule has 1 saturated heterocycles. The van der Waals surface area contributed by atoms with Crippen LogP contribution in [0.3, 0.4) is 0 Å². The Labute approximate surface area is 142 Å². The Morgan fingerprint density at radius 1 is 1.12 bits per heavy atom. The molecule has 0 spiro atoms. The van der Waals surface area contributed by atoms with Crippen molar-refractivity contribution in [2.24, 2.45) is 0 Å². The number of para-hydroxylation sites is 1. The van der Waals surface area contributed by atoms with Crippen molar-refractivity contribution in [3.8, 4) is 11.5 Å². The van der Waals surface area contributed by atoms with Crippen LogP contribution < -0.4 is 4.74 Å². The maximum atomic E-state index is 10.7. The van der Waals surface area contributed by atoms with Crippen molar-refractivity contribution in [3.05, 3.63) is 23.8 Å². The second kappa shape index (κ2) is 7.80. The molecule has 0 aromatic heterocycles. The van der Waals surface area contributed by atoms with Gasteiger partial charge in [0.05, 0.1) is 13.2 Å². The van der Waals surface area contributed by atoms with Crippen LogP contribution in [0.15, 0.2) is 18.2 Å². The second-order valence-corrected chi connectivity index (χ2v) is 6.36. The van der Waals surface area contributed by atoms with Gasteiger partial charge in [0.1, 0.15) is 24.4 Å². The number of hydrogen-bond acceptors (Lipinski definition) is 10. The largest absolute Gasteiger partial charge is 0.504 e. The zero-order chi connectivity index (χ0) is 18.8. The molecule has 5 atom stereocenters. The van der Waals surface area contributed by atoms with Crippen molar-refractivity contribution < 1.29 is 52.2 Å². The van der Waals surface area contributed by atoms with E-state index in [-0.39, 0.29) is 11.3 Å². The van der Waals surface area contributed by atoms with Crippen LogP contribution in [0.5, 0.6) is 11.5 Å². The Bertz CT molecular complexity index is 689. The minimum absolute atomic E-state index is 0.0189. The number of phenols is 1. The maximum Gasteiger partial charge on any atom is 0.397 e. The number of hydrogen-bond donors (Lipinski definition) is 6. The number of phenolic OH excluding ortho intramolecular Hbond substituents is 1. The normalized spacial score (nSPS) is 30.2. The molecule has 0 bridgehead atoms. The van der Waals surface area contributed by atoms with Crippen LogP contribution in [0.2, 0.25) is 0 Å². The monoisotopic (exact) mass is 382 g/mol. The van der Waals surface area contributed by atoms with Crippen LogP contribution in [-0.2, 0) is 25.9 Å². The molecule has 2 rings (SSSR count). The van der Waals surface area contributed by atoms with E-state index in [2.05, 4.69) is 4.18 Å². The summed E-state index contributed by atoms with van der Waals surface area (Å²) in [5, 5.41) is 48.4. The molecular weight excluding hydrogens is 364 g/mol. The molecule has 11 nitrogen and oxygen atoms in total. The second-order valence-electron chi connectivity index (χ2n) is 5.27. The summed E-state index contributed by atoms with van der Waals surface area (Å²) in [5.41, 5.74) is -0.0189. The highest BCUT2D eigenvalue weighted by Crippen LogP contribution is 2.34. The third kappa shape index (κ3) is 4.77. The van der Waals surface area contributed by atoms with Gasteiger partial charge in [-0.05, 0) is 6.07 Å². The average Bonchev–Trinajstić information content (AvgIpc) is 2.54. The lowest BCUT2D eigenvalue weighted by Crippen LogP contribution is -2.60. The topological polar surface area (TPSA) is 183 Å². The van der Waals surface area contributed by atoms with Crippen molar-refractivity contribution in [3.63, 3.8) is 0 Å². The number of aliphatic hydroxyl groups excluding tert-OH is 4. The van der Waals surface area contributed by atoms with Gasteiger partial charge in [-0.25, -0.2) is 4.18 Å². The van der Waals surface area contributed by atoms with Gasteiger partial charge in [-0.15, -0.1) is 0 Å². The number of ether oxygens (including phenoxy) is 2. The first-order valence-electron chi connectivity index (χ1n) is 7.04. The summed E-state index contributed by atoms with van der Waals surface area (Å²) in [7, 11) is -4.75. The zero-order valence-corrected chi connectivity index (χ0v) is 13.5. The quantitative estimate of drug-likeness (QED) is 0.296. The van der Waals surface area contributed by atoms with E-state index in [4.69, 9.17) is 19.1 Å². The lowest BCUT2D eigenvalue weighted by atomic mass is 9.99. The fourth-order valence-corrected chi connectivity index (χ4v) is 2.52. The van der Waals surface area contributed by atoms with Crippen molar-refractivity contribution in [2.45, 2.75) is 37.3 Å². The van der Waals surface area contributed by atoms with Crippen molar-refractivity contribution >= 4 is 10.4 Å². The smallest absolute Gasteiger partial charge is 0.397 e. The Morgan fingerprint density at radius 3 is 2.40 bits per heavy atom. The molecule has 1 aliphatic heterocycles. The lowest BCUT2D eigenvalue weighted by molar-refractivity contribution is -0.277. The molecule has 6 N–H and O–H groups in total. The molecule has 142 valence electrons. The summed E-state index contributed by atoms with van der Waals surface area (Å²) in [6.07, 6.45) is -7.83. The Kier molecular flexibility index (Phi) is 6.18. The van der Waals surface area contributed by atoms with E-state index in [0.717, 1.165) is 0 Å². The molecule has 1 aliphatic rings. The molecule has 5 unspecified atom stereocenters.